The van der Waals surface area contributed by atoms with Gasteiger partial charge in [-0.1, -0.05) is 87.0 Å². The number of hydrogen-bond acceptors (Lipinski definition) is 11. The van der Waals surface area contributed by atoms with Crippen molar-refractivity contribution in [3.8, 4) is 5.75 Å². The minimum absolute atomic E-state index is 0.0704. The number of aromatic carboxylic acids is 1. The van der Waals surface area contributed by atoms with Crippen molar-refractivity contribution in [2.45, 2.75) is 77.8 Å². The number of fused-ring (bicyclic) bond motifs is 4. The van der Waals surface area contributed by atoms with Gasteiger partial charge in [-0.3, -0.25) is 0 Å². The summed E-state index contributed by atoms with van der Waals surface area (Å²) in [6, 6.07) is 23.0. The van der Waals surface area contributed by atoms with Gasteiger partial charge in [-0.05, 0) is 106 Å². The lowest BCUT2D eigenvalue weighted by Crippen LogP contribution is -2.19. The molecule has 0 aromatic heterocycles. The Kier molecular flexibility index (Phi) is 15.0. The molecule has 6 rings (SSSR count). The van der Waals surface area contributed by atoms with Gasteiger partial charge < -0.3 is 28.8 Å². The molecule has 0 heterocycles. The Labute approximate surface area is 381 Å². The van der Waals surface area contributed by atoms with Gasteiger partial charge in [-0.15, -0.1) is 0 Å². The van der Waals surface area contributed by atoms with Crippen LogP contribution in [-0.2, 0) is 63.8 Å². The Balaban J connectivity index is 1.60. The van der Waals surface area contributed by atoms with Crippen LogP contribution in [0.2, 0.25) is 0 Å². The summed E-state index contributed by atoms with van der Waals surface area (Å²) in [5, 5.41) is 15.9. The topological polar surface area (TPSA) is 169 Å². The van der Waals surface area contributed by atoms with E-state index in [9.17, 15) is 33.9 Å². The summed E-state index contributed by atoms with van der Waals surface area (Å²) in [4.78, 5) is 77.1. The molecule has 0 radical (unpaired) electrons. The summed E-state index contributed by atoms with van der Waals surface area (Å²) >= 11 is 0. The van der Waals surface area contributed by atoms with Crippen LogP contribution in [0.4, 0.5) is 0 Å². The monoisotopic (exact) mass is 890 g/mol. The third-order valence-electron chi connectivity index (χ3n) is 11.2. The van der Waals surface area contributed by atoms with Crippen LogP contribution in [0.1, 0.15) is 70.7 Å². The first-order valence-corrected chi connectivity index (χ1v) is 21.3. The number of benzene rings is 6. The minimum Gasteiger partial charge on any atom is -0.478 e. The predicted molar refractivity (Wildman–Crippen MR) is 253 cm³/mol. The van der Waals surface area contributed by atoms with E-state index in [0.29, 0.717) is 33.7 Å². The maximum Gasteiger partial charge on any atom is 0.343 e. The van der Waals surface area contributed by atoms with E-state index in [4.69, 9.17) is 23.7 Å². The van der Waals surface area contributed by atoms with Crippen LogP contribution in [0.5, 0.6) is 5.75 Å². The zero-order valence-electron chi connectivity index (χ0n) is 37.2. The Morgan fingerprint density at radius 2 is 0.833 bits per heavy atom. The van der Waals surface area contributed by atoms with Crippen LogP contribution in [-0.4, -0.2) is 65.3 Å². The molecule has 0 saturated carbocycles. The second-order valence-electron chi connectivity index (χ2n) is 15.9. The van der Waals surface area contributed by atoms with E-state index < -0.39 is 60.2 Å². The molecule has 6 aromatic carbocycles. The quantitative estimate of drug-likeness (QED) is 0.0269. The number of ether oxygens (including phenoxy) is 5. The average molecular weight is 891 g/mol. The maximum atomic E-state index is 14.8. The van der Waals surface area contributed by atoms with Gasteiger partial charge >= 0.3 is 35.8 Å². The second-order valence-corrected chi connectivity index (χ2v) is 15.9. The molecule has 12 nitrogen and oxygen atoms in total. The molecule has 6 aromatic rings. The van der Waals surface area contributed by atoms with Gasteiger partial charge in [0.25, 0.3) is 0 Å². The van der Waals surface area contributed by atoms with Crippen molar-refractivity contribution in [2.24, 2.45) is 0 Å². The fraction of sp³-hybridized carbons (Fsp3) is 0.222. The standard InChI is InChI=1S/C54H50O12/c1-9-47(55)62-30(5)25-42-35-17-13-14-18-36(35)44(27-32(7)64-49(57)11-3)45-29-34(21-22-39(42)45)54(61)66-52-41(53(59)60)24-23-40-43(26-31(6)63-48(56)10-2)37-19-15-16-20-38(37)46(51(40)52)28-33(8)65-50(58)12-4/h9-24,29-33H,1-4,25-28H2,5-8H3,(H,59,60). The lowest BCUT2D eigenvalue weighted by atomic mass is 9.86. The molecule has 1 N–H and O–H groups in total. The number of carboxylic acids is 1. The summed E-state index contributed by atoms with van der Waals surface area (Å²) in [6.07, 6.45) is 2.50. The summed E-state index contributed by atoms with van der Waals surface area (Å²) in [5.41, 5.74) is 2.57. The first kappa shape index (κ1) is 47.6. The van der Waals surface area contributed by atoms with Crippen LogP contribution in [0, 0.1) is 0 Å². The molecule has 0 aliphatic rings. The van der Waals surface area contributed by atoms with Crippen LogP contribution >= 0.6 is 0 Å². The summed E-state index contributed by atoms with van der Waals surface area (Å²) in [5.74, 6) is -4.95. The highest BCUT2D eigenvalue weighted by Gasteiger charge is 2.28. The van der Waals surface area contributed by atoms with E-state index in [2.05, 4.69) is 26.3 Å². The zero-order chi connectivity index (χ0) is 47.8. The van der Waals surface area contributed by atoms with Crippen LogP contribution in [0.15, 0.2) is 129 Å². The SMILES string of the molecule is C=CC(=O)OC(C)Cc1c2ccccc2c(CC(C)OC(=O)C=C)c2cc(C(=O)Oc3c(C(=O)O)ccc4c(CC(C)OC(=O)C=C)c5ccccc5c(CC(C)OC(=O)C=C)c34)ccc12. The Hall–Kier alpha value is -7.86. The Morgan fingerprint density at radius 3 is 1.24 bits per heavy atom. The molecule has 4 atom stereocenters. The van der Waals surface area contributed by atoms with E-state index in [-0.39, 0.29) is 41.5 Å². The third-order valence-corrected chi connectivity index (χ3v) is 11.2. The van der Waals surface area contributed by atoms with Crippen molar-refractivity contribution in [1.82, 2.24) is 0 Å². The molecule has 0 amide bonds. The molecule has 66 heavy (non-hydrogen) atoms. The lowest BCUT2D eigenvalue weighted by molar-refractivity contribution is -0.143. The molecule has 338 valence electrons. The van der Waals surface area contributed by atoms with Crippen molar-refractivity contribution in [3.63, 3.8) is 0 Å². The Morgan fingerprint density at radius 1 is 0.485 bits per heavy atom. The average Bonchev–Trinajstić information content (AvgIpc) is 3.30. The number of carbonyl (C=O) groups is 6. The fourth-order valence-corrected chi connectivity index (χ4v) is 8.51. The Bertz CT molecular complexity index is 2980. The normalized spacial score (nSPS) is 12.9. The van der Waals surface area contributed by atoms with Gasteiger partial charge in [-0.25, -0.2) is 28.8 Å². The van der Waals surface area contributed by atoms with Gasteiger partial charge in [0.1, 0.15) is 30.0 Å². The molecule has 0 aliphatic carbocycles. The lowest BCUT2D eigenvalue weighted by Gasteiger charge is -2.23. The van der Waals surface area contributed by atoms with Gasteiger partial charge in [0.2, 0.25) is 0 Å². The van der Waals surface area contributed by atoms with E-state index in [1.165, 1.54) is 6.07 Å². The minimum atomic E-state index is -1.37. The van der Waals surface area contributed by atoms with E-state index in [1.54, 1.807) is 52.0 Å². The number of carboxylic acid groups (broad SMARTS) is 1. The smallest absolute Gasteiger partial charge is 0.343 e. The van der Waals surface area contributed by atoms with Gasteiger partial charge in [0, 0.05) is 55.4 Å². The molecule has 0 fully saturated rings. The molecule has 0 bridgehead atoms. The van der Waals surface area contributed by atoms with E-state index >= 15 is 0 Å². The summed E-state index contributed by atoms with van der Waals surface area (Å²) < 4.78 is 28.7. The van der Waals surface area contributed by atoms with Crippen molar-refractivity contribution in [2.75, 3.05) is 0 Å². The van der Waals surface area contributed by atoms with Gasteiger partial charge in [0.15, 0.2) is 5.75 Å². The van der Waals surface area contributed by atoms with Crippen molar-refractivity contribution in [3.05, 3.63) is 163 Å². The highest BCUT2D eigenvalue weighted by Crippen LogP contribution is 2.43. The van der Waals surface area contributed by atoms with Crippen molar-refractivity contribution < 1.29 is 57.6 Å². The number of rotatable bonds is 19. The largest absolute Gasteiger partial charge is 0.478 e. The van der Waals surface area contributed by atoms with E-state index in [1.807, 2.05) is 48.5 Å². The molecule has 0 spiro atoms. The first-order valence-electron chi connectivity index (χ1n) is 21.3. The van der Waals surface area contributed by atoms with E-state index in [0.717, 1.165) is 57.0 Å². The zero-order valence-corrected chi connectivity index (χ0v) is 37.2. The molecule has 0 saturated heterocycles. The number of hydrogen-bond donors (Lipinski definition) is 1. The predicted octanol–water partition coefficient (Wildman–Crippen LogP) is 9.86. The number of esters is 5. The second kappa shape index (κ2) is 20.8. The fourth-order valence-electron chi connectivity index (χ4n) is 8.51. The number of carbonyl (C=O) groups excluding carboxylic acids is 5. The molecular formula is C54H50O12. The highest BCUT2D eigenvalue weighted by atomic mass is 16.6. The first-order chi connectivity index (χ1) is 31.6. The van der Waals surface area contributed by atoms with Crippen molar-refractivity contribution >= 4 is 78.9 Å². The maximum absolute atomic E-state index is 14.8. The third kappa shape index (κ3) is 10.4. The van der Waals surface area contributed by atoms with Crippen LogP contribution in [0.3, 0.4) is 0 Å². The summed E-state index contributed by atoms with van der Waals surface area (Å²) in [6.45, 7) is 21.0. The van der Waals surface area contributed by atoms with Gasteiger partial charge in [0.05, 0.1) is 5.56 Å². The van der Waals surface area contributed by atoms with Crippen LogP contribution < -0.4 is 4.74 Å². The molecule has 0 aliphatic heterocycles. The molecular weight excluding hydrogens is 841 g/mol. The molecule has 12 heteroatoms. The van der Waals surface area contributed by atoms with Crippen molar-refractivity contribution in [1.29, 1.82) is 0 Å². The molecule has 4 unspecified atom stereocenters. The van der Waals surface area contributed by atoms with Gasteiger partial charge in [-0.2, -0.15) is 0 Å². The summed E-state index contributed by atoms with van der Waals surface area (Å²) in [7, 11) is 0. The van der Waals surface area contributed by atoms with Crippen LogP contribution in [0.25, 0.3) is 43.1 Å². The highest BCUT2D eigenvalue weighted by molar-refractivity contribution is 6.13.